The van der Waals surface area contributed by atoms with Crippen LogP contribution in [0.5, 0.6) is 0 Å². The van der Waals surface area contributed by atoms with E-state index in [9.17, 15) is 30.3 Å². The van der Waals surface area contributed by atoms with Crippen molar-refractivity contribution in [1.29, 1.82) is 0 Å². The Morgan fingerprint density at radius 2 is 1.04 bits per heavy atom. The zero-order chi connectivity index (χ0) is 18.8. The number of nitrogen functional groups attached to an aromatic ring is 1. The summed E-state index contributed by atoms with van der Waals surface area (Å²) in [5.74, 6) is 0. The standard InChI is InChI=1S/C12H18N6O6/c1-5(2)14-8-10(16(19)20)7(13)11(17(21)22)9(15-6(3)4)12(8)18(23)24/h5-6,14-15H,13H2,1-4H3. The summed E-state index contributed by atoms with van der Waals surface area (Å²) in [6.07, 6.45) is 0. The quantitative estimate of drug-likeness (QED) is 0.381. The summed E-state index contributed by atoms with van der Waals surface area (Å²) in [6, 6.07) is -0.815. The molecule has 1 aromatic rings. The second-order valence-electron chi connectivity index (χ2n) is 5.58. The Balaban J connectivity index is 4.05. The number of benzene rings is 1. The Bertz CT molecular complexity index is 653. The van der Waals surface area contributed by atoms with Gasteiger partial charge in [-0.1, -0.05) is 0 Å². The molecular weight excluding hydrogens is 324 g/mol. The molecule has 0 heterocycles. The van der Waals surface area contributed by atoms with Crippen LogP contribution in [0.15, 0.2) is 0 Å². The summed E-state index contributed by atoms with van der Waals surface area (Å²) in [5.41, 5.74) is 1.37. The molecule has 4 N–H and O–H groups in total. The molecule has 1 rings (SSSR count). The summed E-state index contributed by atoms with van der Waals surface area (Å²) >= 11 is 0. The minimum absolute atomic E-state index is 0.407. The fraction of sp³-hybridized carbons (Fsp3) is 0.500. The maximum Gasteiger partial charge on any atom is 0.329 e. The van der Waals surface area contributed by atoms with Crippen molar-refractivity contribution in [2.45, 2.75) is 39.8 Å². The molecule has 24 heavy (non-hydrogen) atoms. The highest BCUT2D eigenvalue weighted by Gasteiger charge is 2.41. The van der Waals surface area contributed by atoms with E-state index in [0.717, 1.165) is 0 Å². The topological polar surface area (TPSA) is 180 Å². The van der Waals surface area contributed by atoms with Crippen LogP contribution in [0.3, 0.4) is 0 Å². The van der Waals surface area contributed by atoms with Crippen LogP contribution in [0, 0.1) is 30.3 Å². The monoisotopic (exact) mass is 342 g/mol. The van der Waals surface area contributed by atoms with Gasteiger partial charge in [0.2, 0.25) is 0 Å². The predicted molar refractivity (Wildman–Crippen MR) is 88.3 cm³/mol. The van der Waals surface area contributed by atoms with Crippen molar-refractivity contribution in [1.82, 2.24) is 0 Å². The highest BCUT2D eigenvalue weighted by Crippen LogP contribution is 2.51. The van der Waals surface area contributed by atoms with Gasteiger partial charge in [0.15, 0.2) is 17.1 Å². The van der Waals surface area contributed by atoms with Gasteiger partial charge in [-0.3, -0.25) is 30.3 Å². The first-order chi connectivity index (χ1) is 11.0. The molecule has 0 unspecified atom stereocenters. The van der Waals surface area contributed by atoms with Crippen molar-refractivity contribution in [3.8, 4) is 0 Å². The number of hydrogen-bond donors (Lipinski definition) is 3. The molecule has 0 radical (unpaired) electrons. The highest BCUT2D eigenvalue weighted by molar-refractivity contribution is 5.99. The SMILES string of the molecule is CC(C)Nc1c([N+](=O)[O-])c(N)c([N+](=O)[O-])c(NC(C)C)c1[N+](=O)[O-]. The minimum Gasteiger partial charge on any atom is -0.387 e. The molecule has 0 aromatic heterocycles. The van der Waals surface area contributed by atoms with Crippen LogP contribution in [0.1, 0.15) is 27.7 Å². The van der Waals surface area contributed by atoms with Crippen molar-refractivity contribution in [3.63, 3.8) is 0 Å². The van der Waals surface area contributed by atoms with Gasteiger partial charge in [-0.05, 0) is 27.7 Å². The van der Waals surface area contributed by atoms with Crippen LogP contribution in [0.4, 0.5) is 34.1 Å². The summed E-state index contributed by atoms with van der Waals surface area (Å²) in [5, 5.41) is 39.4. The molecule has 0 aliphatic carbocycles. The fourth-order valence-corrected chi connectivity index (χ4v) is 2.14. The average molecular weight is 342 g/mol. The normalized spacial score (nSPS) is 10.8. The average Bonchev–Trinajstić information content (AvgIpc) is 2.35. The first-order valence-corrected chi connectivity index (χ1v) is 6.94. The van der Waals surface area contributed by atoms with Crippen molar-refractivity contribution in [3.05, 3.63) is 30.3 Å². The van der Waals surface area contributed by atoms with Crippen molar-refractivity contribution < 1.29 is 14.8 Å². The third kappa shape index (κ3) is 3.59. The Morgan fingerprint density at radius 1 is 0.750 bits per heavy atom. The van der Waals surface area contributed by atoms with E-state index in [-0.39, 0.29) is 0 Å². The molecule has 0 atom stereocenters. The zero-order valence-electron chi connectivity index (χ0n) is 13.5. The van der Waals surface area contributed by atoms with Gasteiger partial charge >= 0.3 is 17.1 Å². The van der Waals surface area contributed by atoms with Gasteiger partial charge < -0.3 is 16.4 Å². The fourth-order valence-electron chi connectivity index (χ4n) is 2.14. The summed E-state index contributed by atoms with van der Waals surface area (Å²) in [6.45, 7) is 6.45. The number of nitrogens with two attached hydrogens (primary N) is 1. The van der Waals surface area contributed by atoms with Gasteiger partial charge in [-0.25, -0.2) is 0 Å². The number of hydrogen-bond acceptors (Lipinski definition) is 9. The maximum absolute atomic E-state index is 11.5. The molecule has 0 saturated heterocycles. The van der Waals surface area contributed by atoms with E-state index in [2.05, 4.69) is 10.6 Å². The number of rotatable bonds is 7. The molecule has 0 bridgehead atoms. The smallest absolute Gasteiger partial charge is 0.329 e. The second kappa shape index (κ2) is 6.93. The van der Waals surface area contributed by atoms with Crippen LogP contribution < -0.4 is 16.4 Å². The van der Waals surface area contributed by atoms with Gasteiger partial charge in [-0.2, -0.15) is 0 Å². The van der Waals surface area contributed by atoms with E-state index < -0.39 is 61.0 Å². The molecular formula is C12H18N6O6. The Kier molecular flexibility index (Phi) is 5.45. The number of nitrogens with zero attached hydrogens (tertiary/aromatic N) is 3. The van der Waals surface area contributed by atoms with Crippen LogP contribution in [0.2, 0.25) is 0 Å². The maximum atomic E-state index is 11.5. The van der Waals surface area contributed by atoms with Crippen LogP contribution in [-0.2, 0) is 0 Å². The largest absolute Gasteiger partial charge is 0.387 e. The molecule has 0 fully saturated rings. The van der Waals surface area contributed by atoms with Gasteiger partial charge in [0, 0.05) is 12.1 Å². The zero-order valence-corrected chi connectivity index (χ0v) is 13.5. The summed E-state index contributed by atoms with van der Waals surface area (Å²) in [4.78, 5) is 31.3. The first-order valence-electron chi connectivity index (χ1n) is 6.94. The molecule has 12 heteroatoms. The van der Waals surface area contributed by atoms with Gasteiger partial charge in [0.05, 0.1) is 14.8 Å². The molecule has 0 spiro atoms. The summed E-state index contributed by atoms with van der Waals surface area (Å²) in [7, 11) is 0. The Labute approximate surface area is 136 Å². The minimum atomic E-state index is -0.973. The van der Waals surface area contributed by atoms with E-state index in [0.29, 0.717) is 0 Å². The molecule has 0 aliphatic rings. The molecule has 0 aliphatic heterocycles. The van der Waals surface area contributed by atoms with Crippen LogP contribution >= 0.6 is 0 Å². The van der Waals surface area contributed by atoms with Gasteiger partial charge in [0.25, 0.3) is 0 Å². The Hall–Kier alpha value is -3.18. The van der Waals surface area contributed by atoms with Crippen LogP contribution in [0.25, 0.3) is 0 Å². The van der Waals surface area contributed by atoms with E-state index in [4.69, 9.17) is 5.73 Å². The number of nitrogens with one attached hydrogen (secondary N) is 2. The van der Waals surface area contributed by atoms with E-state index >= 15 is 0 Å². The van der Waals surface area contributed by atoms with Crippen molar-refractivity contribution in [2.24, 2.45) is 0 Å². The van der Waals surface area contributed by atoms with Crippen molar-refractivity contribution in [2.75, 3.05) is 16.4 Å². The molecule has 12 nitrogen and oxygen atoms in total. The molecule has 0 saturated carbocycles. The van der Waals surface area contributed by atoms with Crippen LogP contribution in [-0.4, -0.2) is 26.9 Å². The van der Waals surface area contributed by atoms with E-state index in [1.54, 1.807) is 27.7 Å². The lowest BCUT2D eigenvalue weighted by Crippen LogP contribution is -2.19. The second-order valence-corrected chi connectivity index (χ2v) is 5.58. The number of nitro groups is 3. The molecule has 0 amide bonds. The van der Waals surface area contributed by atoms with E-state index in [1.807, 2.05) is 0 Å². The third-order valence-electron chi connectivity index (χ3n) is 2.87. The predicted octanol–water partition coefficient (Wildman–Crippen LogP) is 2.63. The van der Waals surface area contributed by atoms with E-state index in [1.165, 1.54) is 0 Å². The molecule has 1 aromatic carbocycles. The van der Waals surface area contributed by atoms with Crippen molar-refractivity contribution >= 4 is 34.1 Å². The number of anilines is 3. The lowest BCUT2D eigenvalue weighted by molar-refractivity contribution is -0.399. The lowest BCUT2D eigenvalue weighted by atomic mass is 10.1. The lowest BCUT2D eigenvalue weighted by Gasteiger charge is -2.17. The molecule has 132 valence electrons. The summed E-state index contributed by atoms with van der Waals surface area (Å²) < 4.78 is 0. The first kappa shape index (κ1) is 18.9. The highest BCUT2D eigenvalue weighted by atomic mass is 16.6. The van der Waals surface area contributed by atoms with Gasteiger partial charge in [-0.15, -0.1) is 0 Å². The number of nitro benzene ring substituents is 3. The Morgan fingerprint density at radius 3 is 1.25 bits per heavy atom. The third-order valence-corrected chi connectivity index (χ3v) is 2.87. The van der Waals surface area contributed by atoms with Gasteiger partial charge in [0.1, 0.15) is 0 Å².